The first-order valence-corrected chi connectivity index (χ1v) is 8.06. The summed E-state index contributed by atoms with van der Waals surface area (Å²) < 4.78 is 35.1. The SMILES string of the molecule is CCCCCC(CC)(CC)OC(=O)CS(=O)(=O)O.[Na]. The van der Waals surface area contributed by atoms with Gasteiger partial charge in [0.2, 0.25) is 0 Å². The zero-order valence-electron chi connectivity index (χ0n) is 12.4. The van der Waals surface area contributed by atoms with E-state index < -0.39 is 27.4 Å². The number of esters is 1. The second kappa shape index (κ2) is 10.2. The van der Waals surface area contributed by atoms with E-state index in [0.29, 0.717) is 12.8 Å². The molecule has 0 rings (SSSR count). The first kappa shape index (κ1) is 21.7. The van der Waals surface area contributed by atoms with Crippen molar-refractivity contribution in [1.82, 2.24) is 0 Å². The fourth-order valence-electron chi connectivity index (χ4n) is 1.92. The zero-order valence-corrected chi connectivity index (χ0v) is 15.3. The molecule has 0 saturated carbocycles. The van der Waals surface area contributed by atoms with Crippen LogP contribution in [0.3, 0.4) is 0 Å². The first-order chi connectivity index (χ1) is 8.28. The minimum Gasteiger partial charge on any atom is -0.458 e. The summed E-state index contributed by atoms with van der Waals surface area (Å²) in [6.45, 7) is 5.91. The molecular formula is C12H24NaO5S. The fraction of sp³-hybridized carbons (Fsp3) is 0.917. The monoisotopic (exact) mass is 303 g/mol. The van der Waals surface area contributed by atoms with Gasteiger partial charge < -0.3 is 4.74 Å². The van der Waals surface area contributed by atoms with E-state index in [-0.39, 0.29) is 29.6 Å². The Morgan fingerprint density at radius 2 is 1.68 bits per heavy atom. The molecule has 0 unspecified atom stereocenters. The van der Waals surface area contributed by atoms with Gasteiger partial charge in [-0.15, -0.1) is 0 Å². The van der Waals surface area contributed by atoms with Crippen molar-refractivity contribution in [2.24, 2.45) is 0 Å². The van der Waals surface area contributed by atoms with Crippen molar-refractivity contribution in [3.63, 3.8) is 0 Å². The Kier molecular flexibility index (Phi) is 11.6. The van der Waals surface area contributed by atoms with Crippen LogP contribution in [0.4, 0.5) is 0 Å². The van der Waals surface area contributed by atoms with E-state index in [9.17, 15) is 13.2 Å². The molecule has 0 saturated heterocycles. The van der Waals surface area contributed by atoms with Gasteiger partial charge in [-0.3, -0.25) is 9.35 Å². The summed E-state index contributed by atoms with van der Waals surface area (Å²) >= 11 is 0. The molecule has 109 valence electrons. The molecule has 0 aliphatic rings. The molecule has 7 heteroatoms. The minimum atomic E-state index is -4.31. The topological polar surface area (TPSA) is 80.7 Å². The van der Waals surface area contributed by atoms with E-state index in [4.69, 9.17) is 9.29 Å². The molecule has 0 fully saturated rings. The van der Waals surface area contributed by atoms with Gasteiger partial charge in [0.1, 0.15) is 5.60 Å². The maximum atomic E-state index is 11.5. The average Bonchev–Trinajstić information content (AvgIpc) is 2.25. The van der Waals surface area contributed by atoms with Gasteiger partial charge in [-0.2, -0.15) is 8.42 Å². The second-order valence-corrected chi connectivity index (χ2v) is 6.00. The summed E-state index contributed by atoms with van der Waals surface area (Å²) in [6.07, 6.45) is 5.08. The molecule has 0 spiro atoms. The van der Waals surface area contributed by atoms with Crippen LogP contribution < -0.4 is 0 Å². The van der Waals surface area contributed by atoms with Crippen molar-refractivity contribution in [3.8, 4) is 0 Å². The van der Waals surface area contributed by atoms with E-state index in [1.807, 2.05) is 13.8 Å². The smallest absolute Gasteiger partial charge is 0.324 e. The predicted molar refractivity (Wildman–Crippen MR) is 75.7 cm³/mol. The third kappa shape index (κ3) is 9.85. The van der Waals surface area contributed by atoms with Gasteiger partial charge in [-0.1, -0.05) is 33.6 Å². The summed E-state index contributed by atoms with van der Waals surface area (Å²) in [4.78, 5) is 11.5. The Hall–Kier alpha value is 0.380. The largest absolute Gasteiger partial charge is 0.458 e. The van der Waals surface area contributed by atoms with Gasteiger partial charge >= 0.3 is 5.97 Å². The summed E-state index contributed by atoms with van der Waals surface area (Å²) in [7, 11) is -4.31. The van der Waals surface area contributed by atoms with Gasteiger partial charge in [-0.25, -0.2) is 0 Å². The maximum absolute atomic E-state index is 11.5. The third-order valence-corrected chi connectivity index (χ3v) is 3.76. The molecule has 0 amide bonds. The average molecular weight is 303 g/mol. The molecule has 0 heterocycles. The quantitative estimate of drug-likeness (QED) is 0.305. The van der Waals surface area contributed by atoms with Crippen LogP contribution in [0.1, 0.15) is 59.3 Å². The summed E-state index contributed by atoms with van der Waals surface area (Å²) in [5.41, 5.74) is -0.600. The van der Waals surface area contributed by atoms with E-state index in [1.54, 1.807) is 0 Å². The van der Waals surface area contributed by atoms with E-state index in [1.165, 1.54) is 0 Å². The molecule has 1 N–H and O–H groups in total. The van der Waals surface area contributed by atoms with Gasteiger partial charge in [-0.05, 0) is 25.7 Å². The summed E-state index contributed by atoms with van der Waals surface area (Å²) in [6, 6.07) is 0. The van der Waals surface area contributed by atoms with Crippen LogP contribution >= 0.6 is 0 Å². The molecule has 0 aliphatic heterocycles. The van der Waals surface area contributed by atoms with Crippen molar-refractivity contribution < 1.29 is 22.5 Å². The molecule has 0 aromatic carbocycles. The molecule has 0 aromatic rings. The number of rotatable bonds is 9. The Balaban J connectivity index is 0. The molecule has 0 aromatic heterocycles. The first-order valence-electron chi connectivity index (χ1n) is 6.45. The van der Waals surface area contributed by atoms with Gasteiger partial charge in [0.25, 0.3) is 10.1 Å². The number of hydrogen-bond acceptors (Lipinski definition) is 4. The van der Waals surface area contributed by atoms with Crippen molar-refractivity contribution in [2.75, 3.05) is 5.75 Å². The van der Waals surface area contributed by atoms with Crippen molar-refractivity contribution in [2.45, 2.75) is 64.9 Å². The van der Waals surface area contributed by atoms with Crippen LogP contribution in [0.2, 0.25) is 0 Å². The van der Waals surface area contributed by atoms with Crippen molar-refractivity contribution in [1.29, 1.82) is 0 Å². The Bertz CT molecular complexity index is 349. The molecule has 19 heavy (non-hydrogen) atoms. The molecule has 0 atom stereocenters. The molecule has 0 aliphatic carbocycles. The molecule has 1 radical (unpaired) electrons. The van der Waals surface area contributed by atoms with Crippen LogP contribution in [0, 0.1) is 0 Å². The Labute approximate surface area is 138 Å². The maximum Gasteiger partial charge on any atom is 0.324 e. The number of carbonyl (C=O) groups excluding carboxylic acids is 1. The third-order valence-electron chi connectivity index (χ3n) is 3.16. The number of ether oxygens (including phenoxy) is 1. The Morgan fingerprint density at radius 1 is 1.16 bits per heavy atom. The van der Waals surface area contributed by atoms with Crippen LogP contribution in [-0.2, 0) is 19.6 Å². The Morgan fingerprint density at radius 3 is 2.05 bits per heavy atom. The number of unbranched alkanes of at least 4 members (excludes halogenated alkanes) is 2. The van der Waals surface area contributed by atoms with Crippen molar-refractivity contribution >= 4 is 45.6 Å². The zero-order chi connectivity index (χ0) is 14.2. The van der Waals surface area contributed by atoms with Crippen LogP contribution in [-0.4, -0.2) is 59.9 Å². The summed E-state index contributed by atoms with van der Waals surface area (Å²) in [5.74, 6) is -1.85. The number of hydrogen-bond donors (Lipinski definition) is 1. The second-order valence-electron chi connectivity index (χ2n) is 4.55. The van der Waals surface area contributed by atoms with E-state index >= 15 is 0 Å². The van der Waals surface area contributed by atoms with Crippen molar-refractivity contribution in [3.05, 3.63) is 0 Å². The van der Waals surface area contributed by atoms with Crippen LogP contribution in [0.5, 0.6) is 0 Å². The number of carbonyl (C=O) groups is 1. The molecule has 0 bridgehead atoms. The van der Waals surface area contributed by atoms with Gasteiger partial charge in [0.15, 0.2) is 5.75 Å². The van der Waals surface area contributed by atoms with Gasteiger partial charge in [0, 0.05) is 29.6 Å². The summed E-state index contributed by atoms with van der Waals surface area (Å²) in [5, 5.41) is 0. The minimum absolute atomic E-state index is 0. The van der Waals surface area contributed by atoms with Crippen LogP contribution in [0.25, 0.3) is 0 Å². The standard InChI is InChI=1S/C12H24O5S.Na/c1-4-7-8-9-12(5-2,6-3)17-11(13)10-18(14,15)16;/h4-10H2,1-3H3,(H,14,15,16);. The normalized spacial score (nSPS) is 11.8. The molecule has 5 nitrogen and oxygen atoms in total. The molecular weight excluding hydrogens is 279 g/mol. The predicted octanol–water partition coefficient (Wildman–Crippen LogP) is 2.18. The van der Waals surface area contributed by atoms with E-state index in [0.717, 1.165) is 25.7 Å². The van der Waals surface area contributed by atoms with Crippen LogP contribution in [0.15, 0.2) is 0 Å². The fourth-order valence-corrected chi connectivity index (χ4v) is 2.27. The van der Waals surface area contributed by atoms with E-state index in [2.05, 4.69) is 6.92 Å². The van der Waals surface area contributed by atoms with Gasteiger partial charge in [0.05, 0.1) is 0 Å².